The Morgan fingerprint density at radius 1 is 1.12 bits per heavy atom. The molecule has 5 aromatic rings. The second-order valence-electron chi connectivity index (χ2n) is 7.33. The average molecular weight is 455 g/mol. The number of hydrogen-bond acceptors (Lipinski definition) is 6. The third kappa shape index (κ3) is 3.12. The molecule has 0 amide bonds. The number of H-pyrrole nitrogens is 1. The van der Waals surface area contributed by atoms with Crippen LogP contribution in [0.2, 0.25) is 0 Å². The number of halogens is 3. The minimum absolute atomic E-state index is 0.0732. The van der Waals surface area contributed by atoms with Crippen molar-refractivity contribution in [3.05, 3.63) is 64.2 Å². The Kier molecular flexibility index (Phi) is 4.45. The highest BCUT2D eigenvalue weighted by Gasteiger charge is 2.39. The van der Waals surface area contributed by atoms with E-state index in [2.05, 4.69) is 15.1 Å². The lowest BCUT2D eigenvalue weighted by atomic mass is 10.1. The summed E-state index contributed by atoms with van der Waals surface area (Å²) < 4.78 is 53.2. The number of aryl methyl sites for hydroxylation is 1. The molecule has 0 unspecified atom stereocenters. The van der Waals surface area contributed by atoms with Gasteiger partial charge in [-0.2, -0.15) is 22.8 Å². The summed E-state index contributed by atoms with van der Waals surface area (Å²) in [5.41, 5.74) is 4.84. The van der Waals surface area contributed by atoms with Gasteiger partial charge in [-0.1, -0.05) is 30.3 Å². The van der Waals surface area contributed by atoms with Crippen LogP contribution in [0.5, 0.6) is 5.75 Å². The molecule has 3 N–H and O–H groups in total. The zero-order chi connectivity index (χ0) is 23.5. The van der Waals surface area contributed by atoms with Gasteiger partial charge in [0.2, 0.25) is 5.89 Å². The third-order valence-electron chi connectivity index (χ3n) is 5.27. The monoisotopic (exact) mass is 455 g/mol. The molecule has 3 heterocycles. The number of nitrogens with two attached hydrogens (primary N) is 1. The molecule has 11 heteroatoms. The van der Waals surface area contributed by atoms with Crippen LogP contribution in [0.1, 0.15) is 11.4 Å². The molecule has 0 fully saturated rings. The normalized spacial score (nSPS) is 12.0. The summed E-state index contributed by atoms with van der Waals surface area (Å²) in [7, 11) is 1.44. The fourth-order valence-electron chi connectivity index (χ4n) is 3.79. The van der Waals surface area contributed by atoms with Crippen molar-refractivity contribution in [2.24, 2.45) is 0 Å². The van der Waals surface area contributed by atoms with E-state index in [1.165, 1.54) is 19.2 Å². The van der Waals surface area contributed by atoms with Crippen molar-refractivity contribution in [3.63, 3.8) is 0 Å². The van der Waals surface area contributed by atoms with Crippen molar-refractivity contribution in [2.45, 2.75) is 13.1 Å². The van der Waals surface area contributed by atoms with Crippen LogP contribution in [0.4, 0.5) is 18.9 Å². The number of hydrogen-bond donors (Lipinski definition) is 2. The maximum absolute atomic E-state index is 13.8. The Bertz CT molecular complexity index is 1580. The molecule has 0 aliphatic rings. The van der Waals surface area contributed by atoms with E-state index in [0.717, 1.165) is 0 Å². The molecule has 5 rings (SSSR count). The number of anilines is 1. The van der Waals surface area contributed by atoms with Crippen LogP contribution in [0, 0.1) is 6.92 Å². The van der Waals surface area contributed by atoms with E-state index in [4.69, 9.17) is 14.9 Å². The molecule has 0 spiro atoms. The van der Waals surface area contributed by atoms with Crippen molar-refractivity contribution in [1.29, 1.82) is 0 Å². The zero-order valence-corrected chi connectivity index (χ0v) is 17.3. The summed E-state index contributed by atoms with van der Waals surface area (Å²) in [6, 6.07) is 11.1. The van der Waals surface area contributed by atoms with E-state index in [9.17, 15) is 18.0 Å². The molecule has 0 radical (unpaired) electrons. The third-order valence-corrected chi connectivity index (χ3v) is 5.27. The molecule has 0 atom stereocenters. The summed E-state index contributed by atoms with van der Waals surface area (Å²) in [6.07, 6.45) is -4.79. The highest BCUT2D eigenvalue weighted by atomic mass is 19.4. The topological polar surface area (TPSA) is 111 Å². The smallest absolute Gasteiger partial charge is 0.435 e. The summed E-state index contributed by atoms with van der Waals surface area (Å²) in [5.74, 6) is 0.251. The van der Waals surface area contributed by atoms with E-state index in [-0.39, 0.29) is 50.7 Å². The number of nitrogens with one attached hydrogen (secondary N) is 1. The Morgan fingerprint density at radius 2 is 1.85 bits per heavy atom. The molecule has 168 valence electrons. The van der Waals surface area contributed by atoms with Gasteiger partial charge in [0.05, 0.1) is 18.4 Å². The number of alkyl halides is 3. The number of benzene rings is 2. The summed E-state index contributed by atoms with van der Waals surface area (Å²) >= 11 is 0. The van der Waals surface area contributed by atoms with Crippen molar-refractivity contribution < 1.29 is 22.3 Å². The zero-order valence-electron chi connectivity index (χ0n) is 17.3. The summed E-state index contributed by atoms with van der Waals surface area (Å²) in [5, 5.41) is 3.62. The summed E-state index contributed by atoms with van der Waals surface area (Å²) in [4.78, 5) is 20.5. The first-order valence-electron chi connectivity index (χ1n) is 9.72. The van der Waals surface area contributed by atoms with Crippen molar-refractivity contribution in [3.8, 4) is 28.3 Å². The highest BCUT2D eigenvalue weighted by molar-refractivity contribution is 5.91. The molecular formula is C22H16F3N5O3. The lowest BCUT2D eigenvalue weighted by molar-refractivity contribution is -0.140. The Morgan fingerprint density at radius 3 is 2.52 bits per heavy atom. The van der Waals surface area contributed by atoms with Gasteiger partial charge in [-0.25, -0.2) is 4.98 Å². The van der Waals surface area contributed by atoms with Crippen LogP contribution in [0.25, 0.3) is 39.3 Å². The number of ether oxygens (including phenoxy) is 1. The van der Waals surface area contributed by atoms with Crippen LogP contribution >= 0.6 is 0 Å². The first-order valence-corrected chi connectivity index (χ1v) is 9.72. The predicted octanol–water partition coefficient (Wildman–Crippen LogP) is 4.42. The Labute approximate surface area is 183 Å². The SMILES string of the molecule is COc1ccc(N)c2oc(-c3c(C)[nH]c4c(-c5ccccc5)c(C(F)(F)F)nn4c3=O)nc12. The number of aromatic amines is 1. The molecular weight excluding hydrogens is 439 g/mol. The van der Waals surface area contributed by atoms with E-state index in [0.29, 0.717) is 10.3 Å². The standard InChI is InChI=1S/C22H16F3N5O3/c1-10-14(20-28-16-13(32-2)9-8-12(26)17(16)33-20)21(31)30-19(27-10)15(11-6-4-3-5-7-11)18(29-30)22(23,24)25/h3-9,27H,26H2,1-2H3. The number of methoxy groups -OCH3 is 1. The minimum Gasteiger partial charge on any atom is -0.494 e. The minimum atomic E-state index is -4.79. The van der Waals surface area contributed by atoms with Crippen LogP contribution in [-0.2, 0) is 6.18 Å². The van der Waals surface area contributed by atoms with E-state index >= 15 is 0 Å². The number of nitrogen functional groups attached to an aromatic ring is 1. The molecule has 0 saturated carbocycles. The quantitative estimate of drug-likeness (QED) is 0.390. The first kappa shape index (κ1) is 20.6. The number of nitrogens with zero attached hydrogens (tertiary/aromatic N) is 3. The van der Waals surface area contributed by atoms with Gasteiger partial charge in [0.25, 0.3) is 5.56 Å². The van der Waals surface area contributed by atoms with Gasteiger partial charge in [-0.15, -0.1) is 0 Å². The fraction of sp³-hybridized carbons (Fsp3) is 0.136. The van der Waals surface area contributed by atoms with Crippen LogP contribution in [0.15, 0.2) is 51.7 Å². The van der Waals surface area contributed by atoms with Gasteiger partial charge in [0.15, 0.2) is 16.8 Å². The maximum atomic E-state index is 13.8. The summed E-state index contributed by atoms with van der Waals surface area (Å²) in [6.45, 7) is 1.54. The van der Waals surface area contributed by atoms with Crippen LogP contribution in [0.3, 0.4) is 0 Å². The molecule has 33 heavy (non-hydrogen) atoms. The molecule has 0 bridgehead atoms. The fourth-order valence-corrected chi connectivity index (χ4v) is 3.79. The second-order valence-corrected chi connectivity index (χ2v) is 7.33. The predicted molar refractivity (Wildman–Crippen MR) is 115 cm³/mol. The number of rotatable bonds is 3. The van der Waals surface area contributed by atoms with Crippen molar-refractivity contribution in [1.82, 2.24) is 19.6 Å². The molecule has 2 aromatic carbocycles. The van der Waals surface area contributed by atoms with Gasteiger partial charge in [-0.05, 0) is 24.6 Å². The van der Waals surface area contributed by atoms with Gasteiger partial charge in [0.1, 0.15) is 17.0 Å². The number of oxazole rings is 1. The second kappa shape index (κ2) is 7.12. The lowest BCUT2D eigenvalue weighted by Crippen LogP contribution is -2.20. The molecule has 3 aromatic heterocycles. The van der Waals surface area contributed by atoms with Crippen molar-refractivity contribution in [2.75, 3.05) is 12.8 Å². The Hall–Kier alpha value is -4.28. The largest absolute Gasteiger partial charge is 0.494 e. The highest BCUT2D eigenvalue weighted by Crippen LogP contribution is 2.39. The lowest BCUT2D eigenvalue weighted by Gasteiger charge is -2.07. The first-order chi connectivity index (χ1) is 15.7. The van der Waals surface area contributed by atoms with Gasteiger partial charge >= 0.3 is 6.18 Å². The average Bonchev–Trinajstić information content (AvgIpc) is 3.38. The molecule has 0 aliphatic heterocycles. The van der Waals surface area contributed by atoms with Crippen LogP contribution in [-0.4, -0.2) is 26.7 Å². The van der Waals surface area contributed by atoms with Crippen LogP contribution < -0.4 is 16.0 Å². The van der Waals surface area contributed by atoms with Gasteiger partial charge in [0, 0.05) is 5.69 Å². The molecule has 0 aliphatic carbocycles. The number of aromatic nitrogens is 4. The molecule has 8 nitrogen and oxygen atoms in total. The van der Waals surface area contributed by atoms with Gasteiger partial charge in [-0.3, -0.25) is 4.79 Å². The Balaban J connectivity index is 1.83. The number of fused-ring (bicyclic) bond motifs is 2. The van der Waals surface area contributed by atoms with E-state index in [1.54, 1.807) is 37.3 Å². The van der Waals surface area contributed by atoms with Crippen molar-refractivity contribution >= 4 is 22.4 Å². The van der Waals surface area contributed by atoms with Gasteiger partial charge < -0.3 is 19.9 Å². The molecule has 0 saturated heterocycles. The van der Waals surface area contributed by atoms with E-state index in [1.807, 2.05) is 0 Å². The van der Waals surface area contributed by atoms with E-state index < -0.39 is 17.4 Å². The maximum Gasteiger partial charge on any atom is 0.435 e.